The highest BCUT2D eigenvalue weighted by molar-refractivity contribution is 6.12. The first-order valence-corrected chi connectivity index (χ1v) is 6.72. The molecule has 19 heavy (non-hydrogen) atoms. The first-order valence-electron chi connectivity index (χ1n) is 6.72. The molecular formula is C14H22N2O3. The van der Waals surface area contributed by atoms with Crippen molar-refractivity contribution < 1.29 is 14.4 Å². The average Bonchev–Trinajstić information content (AvgIpc) is 2.68. The third-order valence-electron chi connectivity index (χ3n) is 3.34. The highest BCUT2D eigenvalue weighted by atomic mass is 16.2. The molecule has 0 fully saturated rings. The van der Waals surface area contributed by atoms with Gasteiger partial charge in [-0.2, -0.15) is 0 Å². The zero-order valence-electron chi connectivity index (χ0n) is 11.9. The Kier molecular flexibility index (Phi) is 5.73. The molecule has 5 nitrogen and oxygen atoms in total. The topological polar surface area (TPSA) is 57.7 Å². The maximum Gasteiger partial charge on any atom is 0.253 e. The van der Waals surface area contributed by atoms with Gasteiger partial charge in [0.1, 0.15) is 0 Å². The minimum atomic E-state index is -0.236. The summed E-state index contributed by atoms with van der Waals surface area (Å²) in [5.74, 6) is -0.328. The molecule has 5 heteroatoms. The van der Waals surface area contributed by atoms with Crippen molar-refractivity contribution in [3.05, 3.63) is 12.2 Å². The van der Waals surface area contributed by atoms with E-state index in [2.05, 4.69) is 0 Å². The van der Waals surface area contributed by atoms with Crippen LogP contribution in [0.4, 0.5) is 0 Å². The van der Waals surface area contributed by atoms with Crippen LogP contribution in [-0.2, 0) is 14.4 Å². The SMILES string of the molecule is CC(C)N(C)C(=O)CCCCCN1C(=O)C=CC1=O. The van der Waals surface area contributed by atoms with Crippen LogP contribution in [0.2, 0.25) is 0 Å². The number of hydrogen-bond acceptors (Lipinski definition) is 3. The first-order chi connectivity index (χ1) is 8.93. The largest absolute Gasteiger partial charge is 0.343 e. The quantitative estimate of drug-likeness (QED) is 0.516. The molecule has 3 amide bonds. The van der Waals surface area contributed by atoms with Gasteiger partial charge in [0.05, 0.1) is 0 Å². The van der Waals surface area contributed by atoms with Crippen LogP contribution < -0.4 is 0 Å². The Morgan fingerprint density at radius 3 is 2.26 bits per heavy atom. The van der Waals surface area contributed by atoms with Crippen LogP contribution in [0.5, 0.6) is 0 Å². The van der Waals surface area contributed by atoms with Crippen LogP contribution >= 0.6 is 0 Å². The fraction of sp³-hybridized carbons (Fsp3) is 0.643. The van der Waals surface area contributed by atoms with Crippen molar-refractivity contribution in [2.45, 2.75) is 45.6 Å². The van der Waals surface area contributed by atoms with Gasteiger partial charge in [-0.05, 0) is 26.7 Å². The molecule has 0 spiro atoms. The molecule has 106 valence electrons. The lowest BCUT2D eigenvalue weighted by molar-refractivity contribution is -0.137. The van der Waals surface area contributed by atoms with Crippen LogP contribution in [0.25, 0.3) is 0 Å². The summed E-state index contributed by atoms with van der Waals surface area (Å²) in [6.07, 6.45) is 5.49. The van der Waals surface area contributed by atoms with Gasteiger partial charge in [0.15, 0.2) is 0 Å². The van der Waals surface area contributed by atoms with Crippen LogP contribution in [0.1, 0.15) is 39.5 Å². The highest BCUT2D eigenvalue weighted by Crippen LogP contribution is 2.09. The molecule has 0 atom stereocenters. The van der Waals surface area contributed by atoms with Gasteiger partial charge in [-0.25, -0.2) is 0 Å². The van der Waals surface area contributed by atoms with E-state index >= 15 is 0 Å². The number of nitrogens with zero attached hydrogens (tertiary/aromatic N) is 2. The minimum absolute atomic E-state index is 0.144. The molecule has 0 aromatic heterocycles. The van der Waals surface area contributed by atoms with E-state index in [1.165, 1.54) is 17.1 Å². The molecule has 1 heterocycles. The van der Waals surface area contributed by atoms with Crippen molar-refractivity contribution in [2.75, 3.05) is 13.6 Å². The molecule has 0 N–H and O–H groups in total. The number of rotatable bonds is 7. The zero-order chi connectivity index (χ0) is 14.4. The van der Waals surface area contributed by atoms with Gasteiger partial charge in [-0.1, -0.05) is 6.42 Å². The zero-order valence-corrected chi connectivity index (χ0v) is 11.9. The van der Waals surface area contributed by atoms with Gasteiger partial charge in [0.25, 0.3) is 11.8 Å². The molecule has 0 aliphatic carbocycles. The third kappa shape index (κ3) is 4.50. The maximum absolute atomic E-state index is 11.7. The smallest absolute Gasteiger partial charge is 0.253 e. The van der Waals surface area contributed by atoms with Crippen molar-refractivity contribution >= 4 is 17.7 Å². The Morgan fingerprint density at radius 1 is 1.16 bits per heavy atom. The second-order valence-corrected chi connectivity index (χ2v) is 5.07. The van der Waals surface area contributed by atoms with Gasteiger partial charge in [0, 0.05) is 38.2 Å². The van der Waals surface area contributed by atoms with Gasteiger partial charge in [0.2, 0.25) is 5.91 Å². The van der Waals surface area contributed by atoms with Crippen LogP contribution in [0.15, 0.2) is 12.2 Å². The van der Waals surface area contributed by atoms with Gasteiger partial charge in [-0.15, -0.1) is 0 Å². The summed E-state index contributed by atoms with van der Waals surface area (Å²) in [4.78, 5) is 37.2. The summed E-state index contributed by atoms with van der Waals surface area (Å²) >= 11 is 0. The second-order valence-electron chi connectivity index (χ2n) is 5.07. The summed E-state index contributed by atoms with van der Waals surface area (Å²) in [5, 5.41) is 0. The predicted molar refractivity (Wildman–Crippen MR) is 72.2 cm³/mol. The molecule has 1 rings (SSSR count). The Hall–Kier alpha value is -1.65. The predicted octanol–water partition coefficient (Wildman–Crippen LogP) is 1.34. The average molecular weight is 266 g/mol. The molecular weight excluding hydrogens is 244 g/mol. The Bertz CT molecular complexity index is 370. The Balaban J connectivity index is 2.14. The lowest BCUT2D eigenvalue weighted by atomic mass is 10.1. The molecule has 0 aromatic rings. The van der Waals surface area contributed by atoms with Gasteiger partial charge >= 0.3 is 0 Å². The highest BCUT2D eigenvalue weighted by Gasteiger charge is 2.22. The molecule has 0 saturated carbocycles. The van der Waals surface area contributed by atoms with E-state index < -0.39 is 0 Å². The maximum atomic E-state index is 11.7. The van der Waals surface area contributed by atoms with E-state index in [0.29, 0.717) is 13.0 Å². The van der Waals surface area contributed by atoms with Crippen molar-refractivity contribution in [1.29, 1.82) is 0 Å². The van der Waals surface area contributed by atoms with Crippen LogP contribution in [0.3, 0.4) is 0 Å². The molecule has 0 unspecified atom stereocenters. The summed E-state index contributed by atoms with van der Waals surface area (Å²) in [5.41, 5.74) is 0. The summed E-state index contributed by atoms with van der Waals surface area (Å²) in [6.45, 7) is 4.41. The number of amides is 3. The lowest BCUT2D eigenvalue weighted by Gasteiger charge is -2.21. The number of carbonyl (C=O) groups is 3. The Labute approximate surface area is 114 Å². The van der Waals surface area contributed by atoms with Crippen molar-refractivity contribution in [1.82, 2.24) is 9.80 Å². The fourth-order valence-corrected chi connectivity index (χ4v) is 1.84. The van der Waals surface area contributed by atoms with E-state index in [0.717, 1.165) is 19.3 Å². The van der Waals surface area contributed by atoms with Crippen LogP contribution in [-0.4, -0.2) is 47.2 Å². The van der Waals surface area contributed by atoms with Crippen molar-refractivity contribution in [3.8, 4) is 0 Å². The Morgan fingerprint density at radius 2 is 1.74 bits per heavy atom. The van der Waals surface area contributed by atoms with E-state index in [4.69, 9.17) is 0 Å². The number of unbranched alkanes of at least 4 members (excludes halogenated alkanes) is 2. The number of carbonyl (C=O) groups excluding carboxylic acids is 3. The van der Waals surface area contributed by atoms with E-state index in [-0.39, 0.29) is 23.8 Å². The molecule has 0 radical (unpaired) electrons. The second kappa shape index (κ2) is 7.07. The van der Waals surface area contributed by atoms with Gasteiger partial charge < -0.3 is 4.90 Å². The minimum Gasteiger partial charge on any atom is -0.343 e. The summed E-state index contributed by atoms with van der Waals surface area (Å²) in [6, 6.07) is 0.221. The van der Waals surface area contributed by atoms with Crippen molar-refractivity contribution in [2.24, 2.45) is 0 Å². The van der Waals surface area contributed by atoms with Crippen LogP contribution in [0, 0.1) is 0 Å². The molecule has 0 bridgehead atoms. The molecule has 1 aliphatic heterocycles. The van der Waals surface area contributed by atoms with E-state index in [9.17, 15) is 14.4 Å². The molecule has 0 saturated heterocycles. The molecule has 0 aromatic carbocycles. The summed E-state index contributed by atoms with van der Waals surface area (Å²) in [7, 11) is 1.81. The van der Waals surface area contributed by atoms with Gasteiger partial charge in [-0.3, -0.25) is 19.3 Å². The van der Waals surface area contributed by atoms with E-state index in [1.807, 2.05) is 13.8 Å². The lowest BCUT2D eigenvalue weighted by Crippen LogP contribution is -2.33. The normalized spacial score (nSPS) is 14.6. The number of hydrogen-bond donors (Lipinski definition) is 0. The third-order valence-corrected chi connectivity index (χ3v) is 3.34. The first kappa shape index (κ1) is 15.4. The monoisotopic (exact) mass is 266 g/mol. The van der Waals surface area contributed by atoms with E-state index in [1.54, 1.807) is 11.9 Å². The molecule has 1 aliphatic rings. The fourth-order valence-electron chi connectivity index (χ4n) is 1.84. The van der Waals surface area contributed by atoms with Crippen molar-refractivity contribution in [3.63, 3.8) is 0 Å². The standard InChI is InChI=1S/C14H22N2O3/c1-11(2)15(3)12(17)7-5-4-6-10-16-13(18)8-9-14(16)19/h8-9,11H,4-7,10H2,1-3H3. The number of imide groups is 1. The summed E-state index contributed by atoms with van der Waals surface area (Å²) < 4.78 is 0.